The molecule has 1 spiro atoms. The average Bonchev–Trinajstić information content (AvgIpc) is 2.95. The topological polar surface area (TPSA) is 124 Å². The molecule has 0 aromatic heterocycles. The molecule has 1 N–H and O–H groups in total. The minimum absolute atomic E-state index is 0.0388. The number of halogens is 2. The number of Topliss-reactive ketones (excluding diaryl/α,β-unsaturated/α-hetero) is 1. The number of rotatable bonds is 5. The maximum atomic E-state index is 13.0. The minimum Gasteiger partial charge on any atom is -0.456 e. The molecular formula is C14H14F2O8S. The van der Waals surface area contributed by atoms with Crippen LogP contribution >= 0.6 is 0 Å². The second-order valence-electron chi connectivity index (χ2n) is 7.36. The number of hydrogen-bond donors (Lipinski definition) is 1. The molecule has 0 radical (unpaired) electrons. The first-order valence-corrected chi connectivity index (χ1v) is 9.15. The van der Waals surface area contributed by atoms with Crippen LogP contribution in [0.4, 0.5) is 8.78 Å². The number of hydrogen-bond acceptors (Lipinski definition) is 7. The highest BCUT2D eigenvalue weighted by atomic mass is 32.2. The Labute approximate surface area is 140 Å². The first kappa shape index (κ1) is 16.8. The lowest BCUT2D eigenvalue weighted by atomic mass is 9.38. The molecule has 4 aliphatic carbocycles. The number of ether oxygens (including phenoxy) is 2. The van der Waals surface area contributed by atoms with Crippen molar-refractivity contribution in [2.45, 2.75) is 36.5 Å². The summed E-state index contributed by atoms with van der Waals surface area (Å²) in [6.07, 6.45) is 2.31. The van der Waals surface area contributed by atoms with Crippen LogP contribution in [-0.2, 0) is 34.0 Å². The molecule has 4 aliphatic rings. The van der Waals surface area contributed by atoms with Gasteiger partial charge in [0.1, 0.15) is 11.4 Å². The molecule has 138 valence electrons. The van der Waals surface area contributed by atoms with Gasteiger partial charge in [0.15, 0.2) is 6.61 Å². The van der Waals surface area contributed by atoms with Crippen LogP contribution in [0.15, 0.2) is 0 Å². The van der Waals surface area contributed by atoms with Crippen molar-refractivity contribution in [1.29, 1.82) is 0 Å². The summed E-state index contributed by atoms with van der Waals surface area (Å²) < 4.78 is 64.5. The van der Waals surface area contributed by atoms with Gasteiger partial charge < -0.3 is 9.47 Å². The van der Waals surface area contributed by atoms with Gasteiger partial charge in [-0.2, -0.15) is 17.2 Å². The Kier molecular flexibility index (Phi) is 3.07. The Hall–Kier alpha value is -1.62. The fraction of sp³-hybridized carbons (Fsp3) is 0.786. The summed E-state index contributed by atoms with van der Waals surface area (Å²) in [4.78, 5) is 34.9. The smallest absolute Gasteiger partial charge is 0.456 e. The third-order valence-corrected chi connectivity index (χ3v) is 7.12. The van der Waals surface area contributed by atoms with E-state index in [2.05, 4.69) is 4.74 Å². The van der Waals surface area contributed by atoms with E-state index in [0.29, 0.717) is 25.2 Å². The molecule has 8 nitrogen and oxygen atoms in total. The standard InChI is InChI=1S/C14H14F2O8S/c15-14(16,25(20,21)22)11(19)23-4-9(17)24-12-2-6-1-7-10(18)8(3-12)13(6,7)5-12/h6-8H,1-5H2,(H,20,21,22). The fourth-order valence-electron chi connectivity index (χ4n) is 5.43. The molecule has 25 heavy (non-hydrogen) atoms. The number of carbonyl (C=O) groups excluding carboxylic acids is 3. The van der Waals surface area contributed by atoms with Crippen molar-refractivity contribution in [2.75, 3.05) is 6.61 Å². The molecule has 5 atom stereocenters. The molecule has 0 aliphatic heterocycles. The van der Waals surface area contributed by atoms with Crippen LogP contribution in [-0.4, -0.2) is 48.2 Å². The predicted octanol–water partition coefficient (Wildman–Crippen LogP) is 0.311. The fourth-order valence-corrected chi connectivity index (χ4v) is 5.70. The van der Waals surface area contributed by atoms with Gasteiger partial charge in [-0.25, -0.2) is 9.59 Å². The summed E-state index contributed by atoms with van der Waals surface area (Å²) in [5.41, 5.74) is -0.919. The number of esters is 2. The molecule has 0 aromatic carbocycles. The Morgan fingerprint density at radius 1 is 1.28 bits per heavy atom. The number of fused-ring (bicyclic) bond motifs is 1. The first-order chi connectivity index (χ1) is 11.4. The summed E-state index contributed by atoms with van der Waals surface area (Å²) >= 11 is 0. The average molecular weight is 380 g/mol. The molecule has 0 aromatic rings. The summed E-state index contributed by atoms with van der Waals surface area (Å²) in [5.74, 6) is -3.24. The summed E-state index contributed by atoms with van der Waals surface area (Å²) in [6, 6.07) is 0. The van der Waals surface area contributed by atoms with Gasteiger partial charge in [0.2, 0.25) is 0 Å². The van der Waals surface area contributed by atoms with Crippen LogP contribution in [0.2, 0.25) is 0 Å². The third-order valence-electron chi connectivity index (χ3n) is 6.30. The van der Waals surface area contributed by atoms with Gasteiger partial charge in [-0.15, -0.1) is 0 Å². The van der Waals surface area contributed by atoms with Gasteiger partial charge >= 0.3 is 27.3 Å². The van der Waals surface area contributed by atoms with Crippen molar-refractivity contribution >= 4 is 27.8 Å². The zero-order valence-corrected chi connectivity index (χ0v) is 13.6. The molecule has 0 saturated heterocycles. The quantitative estimate of drug-likeness (QED) is 0.534. The van der Waals surface area contributed by atoms with E-state index in [0.717, 1.165) is 6.42 Å². The highest BCUT2D eigenvalue weighted by molar-refractivity contribution is 7.87. The van der Waals surface area contributed by atoms with Gasteiger partial charge in [-0.3, -0.25) is 9.35 Å². The lowest BCUT2D eigenvalue weighted by molar-refractivity contribution is -0.194. The van der Waals surface area contributed by atoms with Crippen molar-refractivity contribution in [3.63, 3.8) is 0 Å². The molecule has 4 saturated carbocycles. The van der Waals surface area contributed by atoms with E-state index in [1.807, 2.05) is 0 Å². The molecule has 5 unspecified atom stereocenters. The maximum absolute atomic E-state index is 13.0. The molecular weight excluding hydrogens is 366 g/mol. The summed E-state index contributed by atoms with van der Waals surface area (Å²) in [7, 11) is -5.99. The van der Waals surface area contributed by atoms with Crippen LogP contribution in [0.1, 0.15) is 25.7 Å². The van der Waals surface area contributed by atoms with E-state index in [9.17, 15) is 31.6 Å². The zero-order valence-electron chi connectivity index (χ0n) is 12.7. The Morgan fingerprint density at radius 2 is 1.96 bits per heavy atom. The van der Waals surface area contributed by atoms with Crippen LogP contribution in [0.25, 0.3) is 0 Å². The lowest BCUT2D eigenvalue weighted by Crippen LogP contribution is -2.66. The van der Waals surface area contributed by atoms with E-state index in [4.69, 9.17) is 9.29 Å². The van der Waals surface area contributed by atoms with Crippen molar-refractivity contribution in [3.05, 3.63) is 0 Å². The van der Waals surface area contributed by atoms with Crippen molar-refractivity contribution < 1.29 is 45.6 Å². The molecule has 0 heterocycles. The van der Waals surface area contributed by atoms with E-state index in [1.54, 1.807) is 0 Å². The highest BCUT2D eigenvalue weighted by Gasteiger charge is 2.82. The summed E-state index contributed by atoms with van der Waals surface area (Å²) in [6.45, 7) is -1.20. The third kappa shape index (κ3) is 1.93. The predicted molar refractivity (Wildman–Crippen MR) is 72.7 cm³/mol. The number of carbonyl (C=O) groups is 3. The van der Waals surface area contributed by atoms with Crippen LogP contribution in [0, 0.1) is 23.2 Å². The van der Waals surface area contributed by atoms with Gasteiger partial charge in [0, 0.05) is 11.8 Å². The molecule has 11 heteroatoms. The molecule has 4 fully saturated rings. The van der Waals surface area contributed by atoms with Crippen molar-refractivity contribution in [3.8, 4) is 0 Å². The van der Waals surface area contributed by atoms with Gasteiger partial charge in [-0.1, -0.05) is 0 Å². The highest BCUT2D eigenvalue weighted by Crippen LogP contribution is 2.81. The molecule has 2 bridgehead atoms. The lowest BCUT2D eigenvalue weighted by Gasteiger charge is -2.64. The van der Waals surface area contributed by atoms with E-state index in [1.165, 1.54) is 0 Å². The Morgan fingerprint density at radius 3 is 2.56 bits per heavy atom. The Balaban J connectivity index is 1.37. The van der Waals surface area contributed by atoms with Gasteiger partial charge in [0.05, 0.1) is 0 Å². The van der Waals surface area contributed by atoms with Crippen LogP contribution in [0.5, 0.6) is 0 Å². The Bertz CT molecular complexity index is 808. The SMILES string of the molecule is O=C(COC(=O)C(F)(F)S(=O)(=O)O)OC12CC3CC4C(=O)C(C1)C34C2. The van der Waals surface area contributed by atoms with Crippen molar-refractivity contribution in [2.24, 2.45) is 23.2 Å². The largest absolute Gasteiger partial charge is 0.465 e. The summed E-state index contributed by atoms with van der Waals surface area (Å²) in [5, 5.41) is -5.16. The number of ketones is 1. The van der Waals surface area contributed by atoms with Gasteiger partial charge in [-0.05, 0) is 37.0 Å². The minimum atomic E-state index is -5.99. The van der Waals surface area contributed by atoms with E-state index >= 15 is 0 Å². The maximum Gasteiger partial charge on any atom is 0.465 e. The second kappa shape index (κ2) is 4.56. The molecule has 4 rings (SSSR count). The van der Waals surface area contributed by atoms with E-state index in [-0.39, 0.29) is 23.0 Å². The first-order valence-electron chi connectivity index (χ1n) is 7.71. The van der Waals surface area contributed by atoms with Crippen molar-refractivity contribution in [1.82, 2.24) is 0 Å². The van der Waals surface area contributed by atoms with Gasteiger partial charge in [0.25, 0.3) is 0 Å². The van der Waals surface area contributed by atoms with Crippen LogP contribution < -0.4 is 0 Å². The zero-order chi connectivity index (χ0) is 18.4. The van der Waals surface area contributed by atoms with E-state index < -0.39 is 39.5 Å². The second-order valence-corrected chi connectivity index (χ2v) is 8.83. The van der Waals surface area contributed by atoms with Crippen LogP contribution in [0.3, 0.4) is 0 Å². The normalized spacial score (nSPS) is 40.8. The number of alkyl halides is 2. The monoisotopic (exact) mass is 380 g/mol. The molecule has 0 amide bonds.